The van der Waals surface area contributed by atoms with E-state index in [1.54, 1.807) is 0 Å². The van der Waals surface area contributed by atoms with Gasteiger partial charge >= 0.3 is 0 Å². The fourth-order valence-electron chi connectivity index (χ4n) is 7.28. The lowest BCUT2D eigenvalue weighted by Gasteiger charge is -2.15. The van der Waals surface area contributed by atoms with E-state index < -0.39 is 0 Å². The Hall–Kier alpha value is -6.88. The number of rotatable bonds is 4. The smallest absolute Gasteiger partial charge is 0.0998 e. The Morgan fingerprint density at radius 3 is 1.69 bits per heavy atom. The van der Waals surface area contributed by atoms with Crippen LogP contribution in [0.5, 0.6) is 0 Å². The van der Waals surface area contributed by atoms with Crippen LogP contribution in [0.1, 0.15) is 11.1 Å². The Bertz CT molecular complexity index is 2760. The van der Waals surface area contributed by atoms with Gasteiger partial charge in [0.25, 0.3) is 0 Å². The molecule has 7 aromatic carbocycles. The van der Waals surface area contributed by atoms with Gasteiger partial charge in [0.1, 0.15) is 0 Å². The maximum Gasteiger partial charge on any atom is 0.0998 e. The molecule has 0 bridgehead atoms. The van der Waals surface area contributed by atoms with Crippen LogP contribution in [0, 0.1) is 22.7 Å². The summed E-state index contributed by atoms with van der Waals surface area (Å²) in [5, 5.41) is 24.8. The van der Waals surface area contributed by atoms with Crippen LogP contribution < -0.4 is 0 Å². The lowest BCUT2D eigenvalue weighted by atomic mass is 9.94. The molecule has 4 heteroatoms. The summed E-state index contributed by atoms with van der Waals surface area (Å²) in [7, 11) is 0. The van der Waals surface area contributed by atoms with Gasteiger partial charge in [-0.15, -0.1) is 0 Å². The molecule has 9 aromatic rings. The van der Waals surface area contributed by atoms with Crippen molar-refractivity contribution in [1.82, 2.24) is 9.13 Å². The number of nitriles is 2. The fraction of sp³-hybridized carbons (Fsp3) is 0. The van der Waals surface area contributed by atoms with Gasteiger partial charge in [0.15, 0.2) is 0 Å². The molecule has 0 amide bonds. The highest BCUT2D eigenvalue weighted by Crippen LogP contribution is 2.38. The zero-order chi connectivity index (χ0) is 32.2. The number of hydrogen-bond donors (Lipinski definition) is 0. The molecule has 0 fully saturated rings. The van der Waals surface area contributed by atoms with Crippen molar-refractivity contribution in [2.45, 2.75) is 0 Å². The molecular formula is C44H26N4. The van der Waals surface area contributed by atoms with Gasteiger partial charge in [-0.25, -0.2) is 0 Å². The summed E-state index contributed by atoms with van der Waals surface area (Å²) in [5.41, 5.74) is 11.5. The molecule has 0 aliphatic carbocycles. The Morgan fingerprint density at radius 1 is 0.396 bits per heavy atom. The maximum absolute atomic E-state index is 10.5. The Labute approximate surface area is 277 Å². The van der Waals surface area contributed by atoms with E-state index in [1.807, 2.05) is 42.5 Å². The van der Waals surface area contributed by atoms with Gasteiger partial charge in [-0.2, -0.15) is 10.5 Å². The molecule has 0 radical (unpaired) electrons. The van der Waals surface area contributed by atoms with Crippen molar-refractivity contribution in [2.75, 3.05) is 0 Å². The molecule has 4 nitrogen and oxygen atoms in total. The number of aromatic nitrogens is 2. The fourth-order valence-corrected chi connectivity index (χ4v) is 7.28. The van der Waals surface area contributed by atoms with Gasteiger partial charge in [0.05, 0.1) is 51.0 Å². The third kappa shape index (κ3) is 4.14. The van der Waals surface area contributed by atoms with Crippen LogP contribution >= 0.6 is 0 Å². The van der Waals surface area contributed by atoms with Crippen molar-refractivity contribution in [3.63, 3.8) is 0 Å². The van der Waals surface area contributed by atoms with Crippen molar-refractivity contribution >= 4 is 43.6 Å². The minimum absolute atomic E-state index is 0.607. The third-order valence-electron chi connectivity index (χ3n) is 9.39. The van der Waals surface area contributed by atoms with Crippen molar-refractivity contribution in [3.05, 3.63) is 169 Å². The van der Waals surface area contributed by atoms with Crippen LogP contribution in [-0.4, -0.2) is 9.13 Å². The summed E-state index contributed by atoms with van der Waals surface area (Å²) in [6.07, 6.45) is 0. The van der Waals surface area contributed by atoms with Crippen molar-refractivity contribution in [3.8, 4) is 45.8 Å². The lowest BCUT2D eigenvalue weighted by molar-refractivity contribution is 1.18. The van der Waals surface area contributed by atoms with E-state index in [4.69, 9.17) is 0 Å². The number of fused-ring (bicyclic) bond motifs is 6. The van der Waals surface area contributed by atoms with Crippen LogP contribution in [0.25, 0.3) is 77.2 Å². The van der Waals surface area contributed by atoms with E-state index in [2.05, 4.69) is 137 Å². The molecule has 222 valence electrons. The zero-order valence-electron chi connectivity index (χ0n) is 25.8. The molecule has 0 spiro atoms. The summed E-state index contributed by atoms with van der Waals surface area (Å²) < 4.78 is 4.53. The first-order valence-corrected chi connectivity index (χ1v) is 15.9. The number of benzene rings is 7. The van der Waals surface area contributed by atoms with Gasteiger partial charge in [-0.3, -0.25) is 0 Å². The largest absolute Gasteiger partial charge is 0.309 e. The second kappa shape index (κ2) is 10.9. The zero-order valence-corrected chi connectivity index (χ0v) is 25.8. The molecule has 0 saturated heterocycles. The van der Waals surface area contributed by atoms with Crippen LogP contribution in [-0.2, 0) is 0 Å². The molecular weight excluding hydrogens is 585 g/mol. The normalized spacial score (nSPS) is 11.3. The van der Waals surface area contributed by atoms with E-state index in [1.165, 1.54) is 10.8 Å². The van der Waals surface area contributed by atoms with Crippen LogP contribution in [0.2, 0.25) is 0 Å². The van der Waals surface area contributed by atoms with Gasteiger partial charge in [0, 0.05) is 32.8 Å². The molecule has 9 rings (SSSR count). The second-order valence-electron chi connectivity index (χ2n) is 12.0. The first-order chi connectivity index (χ1) is 23.7. The van der Waals surface area contributed by atoms with Crippen LogP contribution in [0.3, 0.4) is 0 Å². The van der Waals surface area contributed by atoms with Gasteiger partial charge in [0.2, 0.25) is 0 Å². The topological polar surface area (TPSA) is 57.4 Å². The van der Waals surface area contributed by atoms with Gasteiger partial charge in [-0.05, 0) is 71.3 Å². The maximum atomic E-state index is 10.5. The van der Waals surface area contributed by atoms with E-state index in [0.29, 0.717) is 11.1 Å². The van der Waals surface area contributed by atoms with Gasteiger partial charge < -0.3 is 9.13 Å². The Kier molecular flexibility index (Phi) is 6.22. The number of nitrogens with zero attached hydrogens (tertiary/aromatic N) is 4. The molecule has 0 unspecified atom stereocenters. The standard InChI is InChI=1S/C44H26N4/c45-27-29-20-22-39-38-15-2-6-17-41(38)47(44(39)24-29)33-11-9-10-30(26-33)34-23-21-31(25-32(34)28-46)35-12-1-5-16-40(35)48-42-18-7-3-13-36(42)37-14-4-8-19-43(37)48/h1-26H. The van der Waals surface area contributed by atoms with E-state index >= 15 is 0 Å². The summed E-state index contributed by atoms with van der Waals surface area (Å²) in [6.45, 7) is 0. The number of hydrogen-bond acceptors (Lipinski definition) is 2. The summed E-state index contributed by atoms with van der Waals surface area (Å²) >= 11 is 0. The average molecular weight is 611 g/mol. The highest BCUT2D eigenvalue weighted by molar-refractivity contribution is 6.10. The Balaban J connectivity index is 1.19. The third-order valence-corrected chi connectivity index (χ3v) is 9.39. The van der Waals surface area contributed by atoms with Crippen molar-refractivity contribution in [1.29, 1.82) is 10.5 Å². The monoisotopic (exact) mass is 610 g/mol. The first-order valence-electron chi connectivity index (χ1n) is 15.9. The van der Waals surface area contributed by atoms with E-state index in [-0.39, 0.29) is 0 Å². The first kappa shape index (κ1) is 27.4. The highest BCUT2D eigenvalue weighted by Gasteiger charge is 2.17. The van der Waals surface area contributed by atoms with E-state index in [0.717, 1.165) is 66.5 Å². The van der Waals surface area contributed by atoms with Gasteiger partial charge in [-0.1, -0.05) is 103 Å². The summed E-state index contributed by atoms with van der Waals surface area (Å²) in [5.74, 6) is 0. The number of para-hydroxylation sites is 4. The summed E-state index contributed by atoms with van der Waals surface area (Å²) in [4.78, 5) is 0. The molecule has 0 aliphatic heterocycles. The van der Waals surface area contributed by atoms with E-state index in [9.17, 15) is 10.5 Å². The van der Waals surface area contributed by atoms with Crippen LogP contribution in [0.4, 0.5) is 0 Å². The van der Waals surface area contributed by atoms with Crippen LogP contribution in [0.15, 0.2) is 158 Å². The molecule has 2 aromatic heterocycles. The molecule has 0 N–H and O–H groups in total. The van der Waals surface area contributed by atoms with Crippen molar-refractivity contribution < 1.29 is 0 Å². The Morgan fingerprint density at radius 2 is 1.00 bits per heavy atom. The highest BCUT2D eigenvalue weighted by atomic mass is 15.0. The minimum atomic E-state index is 0.607. The van der Waals surface area contributed by atoms with Crippen molar-refractivity contribution in [2.24, 2.45) is 0 Å². The molecule has 0 aliphatic rings. The SMILES string of the molecule is N#Cc1ccc2c3ccccc3n(-c3cccc(-c4ccc(-c5ccccc5-n5c6ccccc6c6ccccc65)cc4C#N)c3)c2c1. The summed E-state index contributed by atoms with van der Waals surface area (Å²) in [6, 6.07) is 58.9. The lowest BCUT2D eigenvalue weighted by Crippen LogP contribution is -1.98. The second-order valence-corrected chi connectivity index (χ2v) is 12.0. The molecule has 2 heterocycles. The predicted molar refractivity (Wildman–Crippen MR) is 195 cm³/mol. The molecule has 0 atom stereocenters. The predicted octanol–water partition coefficient (Wildman–Crippen LogP) is 11.0. The molecule has 0 saturated carbocycles. The molecule has 48 heavy (non-hydrogen) atoms. The quantitative estimate of drug-likeness (QED) is 0.199. The average Bonchev–Trinajstić information content (AvgIpc) is 3.67. The minimum Gasteiger partial charge on any atom is -0.309 e.